The van der Waals surface area contributed by atoms with Crippen LogP contribution < -0.4 is 5.73 Å². The van der Waals surface area contributed by atoms with Crippen molar-refractivity contribution in [1.82, 2.24) is 9.80 Å². The van der Waals surface area contributed by atoms with Crippen molar-refractivity contribution in [2.45, 2.75) is 38.3 Å². The molecule has 0 saturated carbocycles. The molecule has 1 heterocycles. The Labute approximate surface area is 108 Å². The number of nitrogens with two attached hydrogens (primary N) is 1. The summed E-state index contributed by atoms with van der Waals surface area (Å²) >= 11 is 0. The van der Waals surface area contributed by atoms with Crippen LogP contribution in [0.25, 0.3) is 0 Å². The molecule has 0 aliphatic carbocycles. The topological polar surface area (TPSA) is 86.9 Å². The molecular weight excluding hydrogens is 234 g/mol. The van der Waals surface area contributed by atoms with Gasteiger partial charge in [0.1, 0.15) is 5.54 Å². The third-order valence-electron chi connectivity index (χ3n) is 3.73. The van der Waals surface area contributed by atoms with E-state index in [9.17, 15) is 9.59 Å². The molecule has 1 amide bonds. The Morgan fingerprint density at radius 3 is 2.33 bits per heavy atom. The Balaban J connectivity index is 2.52. The van der Waals surface area contributed by atoms with Crippen LogP contribution in [-0.2, 0) is 9.59 Å². The van der Waals surface area contributed by atoms with Crippen LogP contribution in [0.5, 0.6) is 0 Å². The number of nitrogens with zero attached hydrogens (tertiary/aromatic N) is 2. The molecule has 1 fully saturated rings. The van der Waals surface area contributed by atoms with Gasteiger partial charge >= 0.3 is 5.97 Å². The number of carbonyl (C=O) groups excluding carboxylic acids is 1. The largest absolute Gasteiger partial charge is 0.480 e. The van der Waals surface area contributed by atoms with Crippen molar-refractivity contribution < 1.29 is 14.7 Å². The minimum Gasteiger partial charge on any atom is -0.480 e. The summed E-state index contributed by atoms with van der Waals surface area (Å²) in [5, 5.41) is 9.08. The van der Waals surface area contributed by atoms with Gasteiger partial charge in [0.25, 0.3) is 0 Å². The van der Waals surface area contributed by atoms with E-state index < -0.39 is 11.5 Å². The zero-order chi connectivity index (χ0) is 13.9. The van der Waals surface area contributed by atoms with Crippen LogP contribution >= 0.6 is 0 Å². The molecule has 0 radical (unpaired) electrons. The number of hydrogen-bond donors (Lipinski definition) is 2. The Hall–Kier alpha value is -1.14. The van der Waals surface area contributed by atoms with Crippen LogP contribution in [0, 0.1) is 0 Å². The van der Waals surface area contributed by atoms with Gasteiger partial charge in [-0.2, -0.15) is 0 Å². The molecule has 1 rings (SSSR count). The van der Waals surface area contributed by atoms with Gasteiger partial charge in [-0.25, -0.2) is 4.79 Å². The first-order chi connectivity index (χ1) is 8.25. The average molecular weight is 257 g/mol. The number of likely N-dealkylation sites (N-methyl/N-ethyl adjacent to an activating group) is 1. The molecule has 0 aromatic rings. The summed E-state index contributed by atoms with van der Waals surface area (Å²) < 4.78 is 0. The minimum atomic E-state index is -1.18. The van der Waals surface area contributed by atoms with Gasteiger partial charge in [0.2, 0.25) is 5.91 Å². The van der Waals surface area contributed by atoms with Crippen molar-refractivity contribution >= 4 is 11.9 Å². The number of hydrogen-bond acceptors (Lipinski definition) is 4. The molecule has 0 spiro atoms. The van der Waals surface area contributed by atoms with Crippen molar-refractivity contribution in [1.29, 1.82) is 0 Å². The van der Waals surface area contributed by atoms with Crippen LogP contribution in [0.2, 0.25) is 0 Å². The van der Waals surface area contributed by atoms with E-state index in [0.29, 0.717) is 0 Å². The lowest BCUT2D eigenvalue weighted by atomic mass is 10.0. The Morgan fingerprint density at radius 1 is 1.39 bits per heavy atom. The van der Waals surface area contributed by atoms with Crippen molar-refractivity contribution in [3.63, 3.8) is 0 Å². The predicted molar refractivity (Wildman–Crippen MR) is 68.1 cm³/mol. The molecular formula is C12H23N3O3. The highest BCUT2D eigenvalue weighted by molar-refractivity contribution is 5.87. The lowest BCUT2D eigenvalue weighted by Gasteiger charge is -2.35. The molecule has 18 heavy (non-hydrogen) atoms. The summed E-state index contributed by atoms with van der Waals surface area (Å²) in [4.78, 5) is 26.4. The molecule has 0 atom stereocenters. The van der Waals surface area contributed by atoms with Crippen molar-refractivity contribution in [2.75, 3.05) is 26.7 Å². The fourth-order valence-corrected chi connectivity index (χ4v) is 1.86. The third-order valence-corrected chi connectivity index (χ3v) is 3.73. The van der Waals surface area contributed by atoms with Crippen LogP contribution in [-0.4, -0.2) is 65.0 Å². The molecule has 0 aromatic carbocycles. The summed E-state index contributed by atoms with van der Waals surface area (Å²) in [5.74, 6) is -1.17. The molecule has 0 unspecified atom stereocenters. The number of aliphatic carboxylic acids is 1. The quantitative estimate of drug-likeness (QED) is 0.724. The maximum absolute atomic E-state index is 12.0. The molecule has 6 nitrogen and oxygen atoms in total. The summed E-state index contributed by atoms with van der Waals surface area (Å²) in [6.07, 6.45) is 1.78. The van der Waals surface area contributed by atoms with Crippen molar-refractivity contribution in [3.8, 4) is 0 Å². The van der Waals surface area contributed by atoms with Crippen molar-refractivity contribution in [3.05, 3.63) is 0 Å². The first-order valence-electron chi connectivity index (χ1n) is 6.23. The number of carbonyl (C=O) groups is 2. The van der Waals surface area contributed by atoms with Gasteiger partial charge in [-0.15, -0.1) is 0 Å². The number of amides is 1. The molecule has 6 heteroatoms. The first kappa shape index (κ1) is 14.9. The average Bonchev–Trinajstić information content (AvgIpc) is 2.30. The van der Waals surface area contributed by atoms with E-state index in [1.54, 1.807) is 0 Å². The zero-order valence-corrected chi connectivity index (χ0v) is 11.3. The molecule has 1 saturated heterocycles. The first-order valence-corrected chi connectivity index (χ1v) is 6.23. The summed E-state index contributed by atoms with van der Waals surface area (Å²) in [6, 6.07) is 0.226. The minimum absolute atomic E-state index is 0.169. The van der Waals surface area contributed by atoms with Crippen molar-refractivity contribution in [2.24, 2.45) is 5.73 Å². The Morgan fingerprint density at radius 2 is 1.89 bits per heavy atom. The van der Waals surface area contributed by atoms with E-state index in [4.69, 9.17) is 10.8 Å². The third kappa shape index (κ3) is 3.43. The number of carboxylic acids is 1. The van der Waals surface area contributed by atoms with E-state index in [2.05, 4.69) is 0 Å². The molecule has 1 aliphatic rings. The molecule has 0 bridgehead atoms. The van der Waals surface area contributed by atoms with Crippen LogP contribution in [0.15, 0.2) is 0 Å². The fraction of sp³-hybridized carbons (Fsp3) is 0.833. The standard InChI is InChI=1S/C12H23N3O3/c1-12(2,11(17)18)14(3)10(16)8-15-6-4-9(13)5-7-15/h9H,4-8,13H2,1-3H3,(H,17,18). The van der Waals surface area contributed by atoms with E-state index in [0.717, 1.165) is 25.9 Å². The van der Waals surface area contributed by atoms with E-state index in [1.807, 2.05) is 4.90 Å². The Bertz CT molecular complexity index is 323. The maximum atomic E-state index is 12.0. The number of likely N-dealkylation sites (tertiary alicyclic amines) is 1. The maximum Gasteiger partial charge on any atom is 0.329 e. The molecule has 104 valence electrons. The SMILES string of the molecule is CN(C(=O)CN1CCC(N)CC1)C(C)(C)C(=O)O. The van der Waals surface area contributed by atoms with Gasteiger partial charge < -0.3 is 15.7 Å². The van der Waals surface area contributed by atoms with Gasteiger partial charge in [-0.1, -0.05) is 0 Å². The molecule has 0 aromatic heterocycles. The second-order valence-electron chi connectivity index (χ2n) is 5.43. The van der Waals surface area contributed by atoms with Gasteiger partial charge in [0.05, 0.1) is 6.54 Å². The van der Waals surface area contributed by atoms with Gasteiger partial charge in [0.15, 0.2) is 0 Å². The van der Waals surface area contributed by atoms with Gasteiger partial charge in [-0.05, 0) is 26.7 Å². The summed E-state index contributed by atoms with van der Waals surface area (Å²) in [7, 11) is 1.53. The highest BCUT2D eigenvalue weighted by atomic mass is 16.4. The highest BCUT2D eigenvalue weighted by Crippen LogP contribution is 2.14. The van der Waals surface area contributed by atoms with E-state index in [1.165, 1.54) is 25.8 Å². The second kappa shape index (κ2) is 5.67. The lowest BCUT2D eigenvalue weighted by molar-refractivity contribution is -0.155. The number of piperidine rings is 1. The number of rotatable bonds is 4. The smallest absolute Gasteiger partial charge is 0.329 e. The lowest BCUT2D eigenvalue weighted by Crippen LogP contribution is -2.54. The van der Waals surface area contributed by atoms with Crippen LogP contribution in [0.1, 0.15) is 26.7 Å². The monoisotopic (exact) mass is 257 g/mol. The number of carboxylic acid groups (broad SMARTS) is 1. The normalized spacial score (nSPS) is 18.7. The Kier molecular flexibility index (Phi) is 4.70. The van der Waals surface area contributed by atoms with Gasteiger partial charge in [0, 0.05) is 26.2 Å². The summed E-state index contributed by atoms with van der Waals surface area (Å²) in [5.41, 5.74) is 4.62. The molecule has 3 N–H and O–H groups in total. The fourth-order valence-electron chi connectivity index (χ4n) is 1.86. The van der Waals surface area contributed by atoms with E-state index >= 15 is 0 Å². The highest BCUT2D eigenvalue weighted by Gasteiger charge is 2.35. The van der Waals surface area contributed by atoms with Gasteiger partial charge in [-0.3, -0.25) is 9.69 Å². The van der Waals surface area contributed by atoms with Crippen LogP contribution in [0.3, 0.4) is 0 Å². The zero-order valence-electron chi connectivity index (χ0n) is 11.3. The predicted octanol–water partition coefficient (Wildman–Crippen LogP) is -0.269. The summed E-state index contributed by atoms with van der Waals surface area (Å²) in [6.45, 7) is 4.92. The van der Waals surface area contributed by atoms with Crippen LogP contribution in [0.4, 0.5) is 0 Å². The van der Waals surface area contributed by atoms with E-state index in [-0.39, 0.29) is 18.5 Å². The second-order valence-corrected chi connectivity index (χ2v) is 5.43. The molecule has 1 aliphatic heterocycles.